The number of rotatable bonds is 3. The molecule has 2 aliphatic rings. The monoisotopic (exact) mass is 381 g/mol. The zero-order valence-corrected chi connectivity index (χ0v) is 17.1. The molecule has 0 atom stereocenters. The van der Waals surface area contributed by atoms with E-state index in [1.165, 1.54) is 18.6 Å². The van der Waals surface area contributed by atoms with Crippen molar-refractivity contribution in [3.63, 3.8) is 0 Å². The largest absolute Gasteiger partial charge is 0.365 e. The fourth-order valence-electron chi connectivity index (χ4n) is 4.11. The van der Waals surface area contributed by atoms with Crippen LogP contribution in [0.3, 0.4) is 0 Å². The van der Waals surface area contributed by atoms with Crippen LogP contribution in [0, 0.1) is 17.1 Å². The van der Waals surface area contributed by atoms with Crippen LogP contribution in [-0.2, 0) is 4.79 Å². The number of fused-ring (bicyclic) bond motifs is 1. The topological polar surface area (TPSA) is 56.1 Å². The lowest BCUT2D eigenvalue weighted by molar-refractivity contribution is -0.117. The molecule has 0 bridgehead atoms. The maximum atomic E-state index is 14.8. The van der Waals surface area contributed by atoms with E-state index in [1.54, 1.807) is 6.07 Å². The van der Waals surface area contributed by atoms with E-state index in [0.29, 0.717) is 0 Å². The molecule has 1 aromatic carbocycles. The number of nitrogens with zero attached hydrogens (tertiary/aromatic N) is 2. The minimum atomic E-state index is -0.436. The number of amides is 1. The van der Waals surface area contributed by atoms with Gasteiger partial charge in [-0.2, -0.15) is 5.26 Å². The number of carbonyl (C=O) groups is 1. The predicted octanol–water partition coefficient (Wildman–Crippen LogP) is 4.81. The smallest absolute Gasteiger partial charge is 0.262 e. The van der Waals surface area contributed by atoms with Crippen LogP contribution in [0.1, 0.15) is 64.0 Å². The molecule has 0 saturated heterocycles. The van der Waals surface area contributed by atoms with Crippen molar-refractivity contribution >= 4 is 23.2 Å². The van der Waals surface area contributed by atoms with E-state index < -0.39 is 11.7 Å². The normalized spacial score (nSPS) is 19.5. The van der Waals surface area contributed by atoms with Crippen molar-refractivity contribution < 1.29 is 9.18 Å². The third-order valence-corrected chi connectivity index (χ3v) is 5.94. The summed E-state index contributed by atoms with van der Waals surface area (Å²) in [5.74, 6) is -0.855. The molecule has 1 fully saturated rings. The molecule has 28 heavy (non-hydrogen) atoms. The standard InChI is InChI=1S/C23H28FN3O/c1-15-13-23(2,3)27(4)21-12-20(24)16(11-19(15)21)10-17(14-25)22(28)26-18-8-6-5-7-9-18/h10-13,18H,5-9H2,1-4H3,(H,26,28)/b17-10+. The second-order valence-corrected chi connectivity index (χ2v) is 8.41. The fraction of sp³-hybridized carbons (Fsp3) is 0.478. The first-order valence-electron chi connectivity index (χ1n) is 9.93. The molecule has 1 heterocycles. The second-order valence-electron chi connectivity index (χ2n) is 8.41. The second kappa shape index (κ2) is 7.79. The summed E-state index contributed by atoms with van der Waals surface area (Å²) in [6.45, 7) is 6.16. The Balaban J connectivity index is 1.91. The van der Waals surface area contributed by atoms with Crippen LogP contribution >= 0.6 is 0 Å². The van der Waals surface area contributed by atoms with E-state index >= 15 is 0 Å². The Kier molecular flexibility index (Phi) is 5.60. The van der Waals surface area contributed by atoms with Gasteiger partial charge in [-0.25, -0.2) is 4.39 Å². The molecule has 1 saturated carbocycles. The maximum Gasteiger partial charge on any atom is 0.262 e. The number of allylic oxidation sites excluding steroid dienone is 1. The molecule has 1 aliphatic heterocycles. The van der Waals surface area contributed by atoms with E-state index in [2.05, 4.69) is 25.2 Å². The number of hydrogen-bond acceptors (Lipinski definition) is 3. The summed E-state index contributed by atoms with van der Waals surface area (Å²) in [4.78, 5) is 14.5. The third kappa shape index (κ3) is 3.96. The number of hydrogen-bond donors (Lipinski definition) is 1. The lowest BCUT2D eigenvalue weighted by Gasteiger charge is -2.40. The minimum Gasteiger partial charge on any atom is -0.365 e. The molecule has 1 aliphatic carbocycles. The number of likely N-dealkylation sites (N-methyl/N-ethyl adjacent to an activating group) is 1. The Morgan fingerprint density at radius 1 is 1.32 bits per heavy atom. The first-order valence-corrected chi connectivity index (χ1v) is 9.93. The molecular weight excluding hydrogens is 353 g/mol. The van der Waals surface area contributed by atoms with Gasteiger partial charge < -0.3 is 10.2 Å². The fourth-order valence-corrected chi connectivity index (χ4v) is 4.11. The molecule has 0 radical (unpaired) electrons. The highest BCUT2D eigenvalue weighted by molar-refractivity contribution is 6.02. The van der Waals surface area contributed by atoms with E-state index in [9.17, 15) is 14.4 Å². The highest BCUT2D eigenvalue weighted by Gasteiger charge is 2.29. The number of nitrogens with one attached hydrogen (secondary N) is 1. The Hall–Kier alpha value is -2.61. The highest BCUT2D eigenvalue weighted by Crippen LogP contribution is 2.39. The SMILES string of the molecule is CC1=CC(C)(C)N(C)c2cc(F)c(/C=C(\C#N)C(=O)NC3CCCCC3)cc21. The summed E-state index contributed by atoms with van der Waals surface area (Å²) < 4.78 is 14.8. The van der Waals surface area contributed by atoms with E-state index in [1.807, 2.05) is 24.9 Å². The van der Waals surface area contributed by atoms with Crippen LogP contribution in [0.4, 0.5) is 10.1 Å². The molecule has 3 rings (SSSR count). The lowest BCUT2D eigenvalue weighted by Crippen LogP contribution is -2.42. The number of nitriles is 1. The summed E-state index contributed by atoms with van der Waals surface area (Å²) >= 11 is 0. The van der Waals surface area contributed by atoms with Crippen LogP contribution in [0.2, 0.25) is 0 Å². The van der Waals surface area contributed by atoms with Crippen LogP contribution < -0.4 is 10.2 Å². The maximum absolute atomic E-state index is 14.8. The number of carbonyl (C=O) groups excluding carboxylic acids is 1. The van der Waals surface area contributed by atoms with Gasteiger partial charge in [-0.1, -0.05) is 25.3 Å². The van der Waals surface area contributed by atoms with E-state index in [-0.39, 0.29) is 22.7 Å². The average molecular weight is 381 g/mol. The molecule has 1 amide bonds. The van der Waals surface area contributed by atoms with Crippen LogP contribution in [0.5, 0.6) is 0 Å². The van der Waals surface area contributed by atoms with Gasteiger partial charge in [0.25, 0.3) is 5.91 Å². The Labute approximate surface area is 166 Å². The Morgan fingerprint density at radius 3 is 2.64 bits per heavy atom. The molecule has 5 heteroatoms. The zero-order chi connectivity index (χ0) is 20.5. The van der Waals surface area contributed by atoms with Crippen molar-refractivity contribution in [3.05, 3.63) is 40.7 Å². The van der Waals surface area contributed by atoms with Crippen molar-refractivity contribution in [1.82, 2.24) is 5.32 Å². The Bertz CT molecular complexity index is 886. The van der Waals surface area contributed by atoms with Crippen LogP contribution in [-0.4, -0.2) is 24.5 Å². The number of anilines is 1. The molecule has 4 nitrogen and oxygen atoms in total. The summed E-state index contributed by atoms with van der Waals surface area (Å²) in [5, 5.41) is 12.4. The van der Waals surface area contributed by atoms with Gasteiger partial charge in [0.05, 0.1) is 5.54 Å². The summed E-state index contributed by atoms with van der Waals surface area (Å²) in [6, 6.07) is 5.26. The van der Waals surface area contributed by atoms with E-state index in [4.69, 9.17) is 0 Å². The van der Waals surface area contributed by atoms with Crippen LogP contribution in [0.15, 0.2) is 23.8 Å². The van der Waals surface area contributed by atoms with Gasteiger partial charge in [0.1, 0.15) is 17.5 Å². The first-order chi connectivity index (χ1) is 13.2. The molecule has 0 aromatic heterocycles. The number of halogens is 1. The van der Waals surface area contributed by atoms with Gasteiger partial charge in [0, 0.05) is 29.9 Å². The van der Waals surface area contributed by atoms with Gasteiger partial charge >= 0.3 is 0 Å². The summed E-state index contributed by atoms with van der Waals surface area (Å²) in [6.07, 6.45) is 8.73. The van der Waals surface area contributed by atoms with Gasteiger partial charge in [0.2, 0.25) is 0 Å². The molecule has 1 N–H and O–H groups in total. The average Bonchev–Trinajstić information content (AvgIpc) is 2.65. The minimum absolute atomic E-state index is 0.0597. The summed E-state index contributed by atoms with van der Waals surface area (Å²) in [7, 11) is 1.94. The zero-order valence-electron chi connectivity index (χ0n) is 17.1. The Morgan fingerprint density at radius 2 is 2.00 bits per heavy atom. The van der Waals surface area contributed by atoms with Gasteiger partial charge in [0.15, 0.2) is 0 Å². The quantitative estimate of drug-likeness (QED) is 0.604. The number of benzene rings is 1. The van der Waals surface area contributed by atoms with Crippen molar-refractivity contribution in [2.75, 3.05) is 11.9 Å². The lowest BCUT2D eigenvalue weighted by atomic mass is 9.88. The van der Waals surface area contributed by atoms with Crippen molar-refractivity contribution in [2.24, 2.45) is 0 Å². The molecular formula is C23H28FN3O. The molecule has 0 unspecified atom stereocenters. The first kappa shape index (κ1) is 20.1. The highest BCUT2D eigenvalue weighted by atomic mass is 19.1. The van der Waals surface area contributed by atoms with E-state index in [0.717, 1.165) is 42.5 Å². The van der Waals surface area contributed by atoms with Gasteiger partial charge in [-0.05, 0) is 57.4 Å². The predicted molar refractivity (Wildman–Crippen MR) is 111 cm³/mol. The molecule has 0 spiro atoms. The molecule has 1 aromatic rings. The van der Waals surface area contributed by atoms with Gasteiger partial charge in [-0.15, -0.1) is 0 Å². The van der Waals surface area contributed by atoms with Crippen LogP contribution in [0.25, 0.3) is 11.6 Å². The van der Waals surface area contributed by atoms with Crippen molar-refractivity contribution in [1.29, 1.82) is 5.26 Å². The third-order valence-electron chi connectivity index (χ3n) is 5.94. The van der Waals surface area contributed by atoms with Gasteiger partial charge in [-0.3, -0.25) is 4.79 Å². The molecule has 148 valence electrons. The summed E-state index contributed by atoms with van der Waals surface area (Å²) in [5.41, 5.74) is 2.77. The van der Waals surface area contributed by atoms with Crippen molar-refractivity contribution in [3.8, 4) is 6.07 Å². The van der Waals surface area contributed by atoms with Crippen molar-refractivity contribution in [2.45, 2.75) is 64.5 Å².